The van der Waals surface area contributed by atoms with Gasteiger partial charge in [-0.2, -0.15) is 0 Å². The molecule has 2 aromatic rings. The Morgan fingerprint density at radius 2 is 2.24 bits per heavy atom. The highest BCUT2D eigenvalue weighted by molar-refractivity contribution is 6.29. The van der Waals surface area contributed by atoms with Crippen molar-refractivity contribution in [2.24, 2.45) is 0 Å². The van der Waals surface area contributed by atoms with E-state index in [0.717, 1.165) is 16.9 Å². The van der Waals surface area contributed by atoms with Crippen LogP contribution in [0.3, 0.4) is 0 Å². The third-order valence-corrected chi connectivity index (χ3v) is 2.60. The Morgan fingerprint density at radius 3 is 2.88 bits per heavy atom. The molecule has 17 heavy (non-hydrogen) atoms. The lowest BCUT2D eigenvalue weighted by atomic mass is 10.1. The predicted octanol–water partition coefficient (Wildman–Crippen LogP) is 3.43. The van der Waals surface area contributed by atoms with E-state index in [1.54, 1.807) is 6.26 Å². The van der Waals surface area contributed by atoms with Crippen LogP contribution >= 0.6 is 11.6 Å². The van der Waals surface area contributed by atoms with Crippen LogP contribution in [0.1, 0.15) is 5.56 Å². The maximum Gasteiger partial charge on any atom is 0.239 e. The average Bonchev–Trinajstić information content (AvgIpc) is 2.82. The third-order valence-electron chi connectivity index (χ3n) is 2.36. The molecule has 2 rings (SSSR count). The van der Waals surface area contributed by atoms with Crippen molar-refractivity contribution in [1.82, 2.24) is 0 Å². The molecule has 1 aromatic carbocycles. The number of anilines is 1. The Labute approximate surface area is 104 Å². The molecule has 0 fully saturated rings. The van der Waals surface area contributed by atoms with Gasteiger partial charge in [0.15, 0.2) is 0 Å². The lowest BCUT2D eigenvalue weighted by Gasteiger charge is -2.09. The summed E-state index contributed by atoms with van der Waals surface area (Å²) in [6.45, 7) is 1.96. The van der Waals surface area contributed by atoms with Crippen LogP contribution in [0.2, 0.25) is 0 Å². The van der Waals surface area contributed by atoms with Crippen molar-refractivity contribution in [2.45, 2.75) is 6.92 Å². The normalized spacial score (nSPS) is 10.2. The van der Waals surface area contributed by atoms with Crippen molar-refractivity contribution in [3.63, 3.8) is 0 Å². The van der Waals surface area contributed by atoms with E-state index >= 15 is 0 Å². The summed E-state index contributed by atoms with van der Waals surface area (Å²) in [5.41, 5.74) is 2.62. The molecule has 0 bridgehead atoms. The van der Waals surface area contributed by atoms with Crippen molar-refractivity contribution < 1.29 is 9.21 Å². The quantitative estimate of drug-likeness (QED) is 0.847. The summed E-state index contributed by atoms with van der Waals surface area (Å²) in [5, 5.41) is 2.76. The van der Waals surface area contributed by atoms with Gasteiger partial charge in [0, 0.05) is 5.56 Å². The van der Waals surface area contributed by atoms with Crippen LogP contribution in [-0.2, 0) is 4.79 Å². The van der Waals surface area contributed by atoms with Gasteiger partial charge in [-0.15, -0.1) is 11.6 Å². The number of alkyl halides is 1. The summed E-state index contributed by atoms with van der Waals surface area (Å²) in [5.74, 6) is 0.422. The third kappa shape index (κ3) is 2.68. The molecule has 1 amide bonds. The zero-order valence-electron chi connectivity index (χ0n) is 9.37. The molecule has 0 unspecified atom stereocenters. The molecule has 0 saturated heterocycles. The summed E-state index contributed by atoms with van der Waals surface area (Å²) in [6.07, 6.45) is 1.60. The van der Waals surface area contributed by atoms with Gasteiger partial charge in [0.25, 0.3) is 0 Å². The van der Waals surface area contributed by atoms with E-state index in [-0.39, 0.29) is 11.8 Å². The van der Waals surface area contributed by atoms with Crippen molar-refractivity contribution in [3.8, 4) is 11.3 Å². The predicted molar refractivity (Wildman–Crippen MR) is 68.2 cm³/mol. The topological polar surface area (TPSA) is 42.2 Å². The molecule has 0 atom stereocenters. The van der Waals surface area contributed by atoms with Gasteiger partial charge >= 0.3 is 0 Å². The number of carbonyl (C=O) groups excluding carboxylic acids is 1. The lowest BCUT2D eigenvalue weighted by Crippen LogP contribution is -2.13. The van der Waals surface area contributed by atoms with Crippen LogP contribution in [-0.4, -0.2) is 11.8 Å². The second-order valence-electron chi connectivity index (χ2n) is 3.71. The number of furan rings is 1. The number of hydrogen-bond donors (Lipinski definition) is 1. The Balaban J connectivity index is 2.41. The lowest BCUT2D eigenvalue weighted by molar-refractivity contribution is -0.113. The minimum Gasteiger partial charge on any atom is -0.464 e. The highest BCUT2D eigenvalue weighted by Gasteiger charge is 2.10. The molecular formula is C13H12ClNO2. The number of carbonyl (C=O) groups is 1. The summed E-state index contributed by atoms with van der Waals surface area (Å²) < 4.78 is 5.33. The van der Waals surface area contributed by atoms with E-state index in [9.17, 15) is 4.79 Å². The van der Waals surface area contributed by atoms with Gasteiger partial charge in [-0.1, -0.05) is 6.07 Å². The first-order valence-electron chi connectivity index (χ1n) is 5.21. The number of halogens is 1. The minimum atomic E-state index is -0.231. The second-order valence-corrected chi connectivity index (χ2v) is 3.98. The van der Waals surface area contributed by atoms with Crippen molar-refractivity contribution in [3.05, 3.63) is 42.2 Å². The van der Waals surface area contributed by atoms with E-state index in [1.807, 2.05) is 37.3 Å². The first-order chi connectivity index (χ1) is 8.20. The molecule has 3 nitrogen and oxygen atoms in total. The summed E-state index contributed by atoms with van der Waals surface area (Å²) in [4.78, 5) is 11.3. The smallest absolute Gasteiger partial charge is 0.239 e. The first-order valence-corrected chi connectivity index (χ1v) is 5.74. The van der Waals surface area contributed by atoms with Gasteiger partial charge in [-0.25, -0.2) is 0 Å². The summed E-state index contributed by atoms with van der Waals surface area (Å²) in [6, 6.07) is 9.43. The number of amides is 1. The summed E-state index contributed by atoms with van der Waals surface area (Å²) in [7, 11) is 0. The Bertz CT molecular complexity index is 520. The number of rotatable bonds is 3. The fraction of sp³-hybridized carbons (Fsp3) is 0.154. The van der Waals surface area contributed by atoms with Gasteiger partial charge in [0.2, 0.25) is 5.91 Å². The molecule has 0 spiro atoms. The highest BCUT2D eigenvalue weighted by atomic mass is 35.5. The van der Waals surface area contributed by atoms with Crippen molar-refractivity contribution >= 4 is 23.2 Å². The van der Waals surface area contributed by atoms with Gasteiger partial charge in [-0.05, 0) is 36.8 Å². The molecule has 1 N–H and O–H groups in total. The van der Waals surface area contributed by atoms with Gasteiger partial charge in [0.1, 0.15) is 11.6 Å². The number of aryl methyl sites for hydroxylation is 1. The van der Waals surface area contributed by atoms with E-state index in [0.29, 0.717) is 5.69 Å². The van der Waals surface area contributed by atoms with E-state index < -0.39 is 0 Å². The number of benzene rings is 1. The van der Waals surface area contributed by atoms with Gasteiger partial charge < -0.3 is 9.73 Å². The maximum atomic E-state index is 11.3. The van der Waals surface area contributed by atoms with E-state index in [4.69, 9.17) is 16.0 Å². The minimum absolute atomic E-state index is 0.0640. The second kappa shape index (κ2) is 5.06. The molecule has 0 radical (unpaired) electrons. The fourth-order valence-corrected chi connectivity index (χ4v) is 1.66. The standard InChI is InChI=1S/C13H12ClNO2/c1-9-4-5-10(12-3-2-6-17-12)11(7-9)15-13(16)8-14/h2-7H,8H2,1H3,(H,15,16). The Hall–Kier alpha value is -1.74. The molecule has 1 aromatic heterocycles. The maximum absolute atomic E-state index is 11.3. The van der Waals surface area contributed by atoms with Crippen LogP contribution in [0.4, 0.5) is 5.69 Å². The van der Waals surface area contributed by atoms with E-state index in [1.165, 1.54) is 0 Å². The summed E-state index contributed by atoms with van der Waals surface area (Å²) >= 11 is 5.48. The monoisotopic (exact) mass is 249 g/mol. The Kier molecular flexibility index (Phi) is 3.49. The Morgan fingerprint density at radius 1 is 1.41 bits per heavy atom. The van der Waals surface area contributed by atoms with Gasteiger partial charge in [0.05, 0.1) is 12.0 Å². The van der Waals surface area contributed by atoms with Crippen LogP contribution in [0, 0.1) is 6.92 Å². The molecule has 0 saturated carbocycles. The molecular weight excluding hydrogens is 238 g/mol. The van der Waals surface area contributed by atoms with Crippen LogP contribution in [0.25, 0.3) is 11.3 Å². The molecule has 0 aliphatic heterocycles. The number of nitrogens with one attached hydrogen (secondary N) is 1. The first kappa shape index (κ1) is 11.7. The SMILES string of the molecule is Cc1ccc(-c2ccco2)c(NC(=O)CCl)c1. The zero-order valence-corrected chi connectivity index (χ0v) is 10.1. The van der Waals surface area contributed by atoms with Crippen molar-refractivity contribution in [2.75, 3.05) is 11.2 Å². The fourth-order valence-electron chi connectivity index (χ4n) is 1.59. The molecule has 4 heteroatoms. The average molecular weight is 250 g/mol. The molecule has 88 valence electrons. The molecule has 1 heterocycles. The molecule has 0 aliphatic carbocycles. The molecule has 0 aliphatic rings. The van der Waals surface area contributed by atoms with Crippen LogP contribution < -0.4 is 5.32 Å². The highest BCUT2D eigenvalue weighted by Crippen LogP contribution is 2.29. The van der Waals surface area contributed by atoms with Crippen LogP contribution in [0.15, 0.2) is 41.0 Å². The van der Waals surface area contributed by atoms with E-state index in [2.05, 4.69) is 5.32 Å². The zero-order chi connectivity index (χ0) is 12.3. The van der Waals surface area contributed by atoms with Gasteiger partial charge in [-0.3, -0.25) is 4.79 Å². The largest absolute Gasteiger partial charge is 0.464 e. The van der Waals surface area contributed by atoms with Crippen LogP contribution in [0.5, 0.6) is 0 Å². The van der Waals surface area contributed by atoms with Crippen molar-refractivity contribution in [1.29, 1.82) is 0 Å². The number of hydrogen-bond acceptors (Lipinski definition) is 2.